The van der Waals surface area contributed by atoms with E-state index in [0.717, 1.165) is 23.4 Å². The summed E-state index contributed by atoms with van der Waals surface area (Å²) in [6, 6.07) is 12.2. The topological polar surface area (TPSA) is 77.0 Å². The van der Waals surface area contributed by atoms with E-state index < -0.39 is 0 Å². The fraction of sp³-hybridized carbons (Fsp3) is 0.214. The van der Waals surface area contributed by atoms with Crippen LogP contribution in [0.3, 0.4) is 0 Å². The van der Waals surface area contributed by atoms with Crippen molar-refractivity contribution in [2.45, 2.75) is 17.4 Å². The minimum absolute atomic E-state index is 0.164. The minimum atomic E-state index is 0.164. The largest absolute Gasteiger partial charge is 0.398 e. The third-order valence-electron chi connectivity index (χ3n) is 2.84. The van der Waals surface area contributed by atoms with Gasteiger partial charge in [0.1, 0.15) is 0 Å². The van der Waals surface area contributed by atoms with Crippen LogP contribution in [-0.4, -0.2) is 16.8 Å². The number of nitrogens with two attached hydrogens (primary N) is 2. The maximum Gasteiger partial charge on any atom is 0.0378 e. The fourth-order valence-electron chi connectivity index (χ4n) is 1.75. The Balaban J connectivity index is 1.92. The summed E-state index contributed by atoms with van der Waals surface area (Å²) in [6.07, 6.45) is 4.27. The van der Waals surface area contributed by atoms with Crippen LogP contribution < -0.4 is 17.0 Å². The summed E-state index contributed by atoms with van der Waals surface area (Å²) in [5.41, 5.74) is 10.6. The molecule has 1 aromatic carbocycles. The maximum atomic E-state index is 5.92. The van der Waals surface area contributed by atoms with E-state index >= 15 is 0 Å². The van der Waals surface area contributed by atoms with Gasteiger partial charge < -0.3 is 5.73 Å². The molecule has 2 rings (SSSR count). The lowest BCUT2D eigenvalue weighted by Gasteiger charge is -2.16. The summed E-state index contributed by atoms with van der Waals surface area (Å²) in [5, 5.41) is 0. The lowest BCUT2D eigenvalue weighted by Crippen LogP contribution is -2.38. The summed E-state index contributed by atoms with van der Waals surface area (Å²) < 4.78 is 0. The number of nitrogens with zero attached hydrogens (tertiary/aromatic N) is 1. The van der Waals surface area contributed by atoms with Crippen molar-refractivity contribution in [3.05, 3.63) is 54.4 Å². The van der Waals surface area contributed by atoms with Crippen LogP contribution in [0.2, 0.25) is 0 Å². The average molecular weight is 274 g/mol. The molecule has 0 amide bonds. The summed E-state index contributed by atoms with van der Waals surface area (Å²) >= 11 is 1.77. The number of nitrogens with one attached hydrogen (secondary N) is 1. The number of rotatable bonds is 6. The Kier molecular flexibility index (Phi) is 5.20. The molecule has 0 saturated carbocycles. The SMILES string of the molecule is NNC(CSc1ccccc1)Cc1cnccc1N. The standard InChI is InChI=1S/C14H18N4S/c15-14-6-7-17-9-11(14)8-12(18-16)10-19-13-4-2-1-3-5-13/h1-7,9,12,18H,8,10,16H2,(H2,15,17). The molecule has 0 radical (unpaired) electrons. The molecule has 0 aliphatic heterocycles. The highest BCUT2D eigenvalue weighted by Gasteiger charge is 2.10. The zero-order valence-corrected chi connectivity index (χ0v) is 11.4. The monoisotopic (exact) mass is 274 g/mol. The van der Waals surface area contributed by atoms with Crippen LogP contribution in [0.4, 0.5) is 5.69 Å². The number of anilines is 1. The number of hydrazine groups is 1. The molecule has 0 bridgehead atoms. The fourth-order valence-corrected chi connectivity index (χ4v) is 2.71. The second kappa shape index (κ2) is 7.13. The van der Waals surface area contributed by atoms with Crippen LogP contribution in [0.15, 0.2) is 53.7 Å². The van der Waals surface area contributed by atoms with Crippen LogP contribution >= 0.6 is 11.8 Å². The van der Waals surface area contributed by atoms with Gasteiger partial charge in [-0.3, -0.25) is 16.3 Å². The highest BCUT2D eigenvalue weighted by atomic mass is 32.2. The zero-order chi connectivity index (χ0) is 13.5. The van der Waals surface area contributed by atoms with E-state index in [1.165, 1.54) is 4.90 Å². The second-order valence-electron chi connectivity index (χ2n) is 4.27. The van der Waals surface area contributed by atoms with Crippen molar-refractivity contribution in [2.24, 2.45) is 5.84 Å². The quantitative estimate of drug-likeness (QED) is 0.425. The first-order valence-electron chi connectivity index (χ1n) is 6.12. The Morgan fingerprint density at radius 2 is 2.00 bits per heavy atom. The number of benzene rings is 1. The molecule has 0 saturated heterocycles. The van der Waals surface area contributed by atoms with Gasteiger partial charge in [-0.2, -0.15) is 0 Å². The molecule has 100 valence electrons. The summed E-state index contributed by atoms with van der Waals surface area (Å²) in [4.78, 5) is 5.33. The molecule has 4 nitrogen and oxygen atoms in total. The normalized spacial score (nSPS) is 12.3. The number of hydrogen-bond acceptors (Lipinski definition) is 5. The number of thioether (sulfide) groups is 1. The first kappa shape index (κ1) is 13.9. The van der Waals surface area contributed by atoms with Crippen molar-refractivity contribution in [3.8, 4) is 0 Å². The molecule has 0 aliphatic carbocycles. The molecular formula is C14H18N4S. The smallest absolute Gasteiger partial charge is 0.0378 e. The first-order valence-corrected chi connectivity index (χ1v) is 7.10. The van der Waals surface area contributed by atoms with Gasteiger partial charge in [-0.05, 0) is 30.2 Å². The van der Waals surface area contributed by atoms with E-state index in [2.05, 4.69) is 22.5 Å². The highest BCUT2D eigenvalue weighted by molar-refractivity contribution is 7.99. The third-order valence-corrected chi connectivity index (χ3v) is 4.01. The molecule has 1 heterocycles. The average Bonchev–Trinajstić information content (AvgIpc) is 2.46. The van der Waals surface area contributed by atoms with Gasteiger partial charge in [-0.25, -0.2) is 0 Å². The van der Waals surface area contributed by atoms with Gasteiger partial charge in [0, 0.05) is 34.8 Å². The van der Waals surface area contributed by atoms with Gasteiger partial charge in [0.25, 0.3) is 0 Å². The molecule has 1 atom stereocenters. The molecule has 1 unspecified atom stereocenters. The van der Waals surface area contributed by atoms with Crippen molar-refractivity contribution < 1.29 is 0 Å². The van der Waals surface area contributed by atoms with Crippen LogP contribution in [-0.2, 0) is 6.42 Å². The Bertz CT molecular complexity index is 504. The van der Waals surface area contributed by atoms with Crippen molar-refractivity contribution >= 4 is 17.4 Å². The minimum Gasteiger partial charge on any atom is -0.398 e. The number of pyridine rings is 1. The Morgan fingerprint density at radius 3 is 2.68 bits per heavy atom. The Hall–Kier alpha value is -1.56. The second-order valence-corrected chi connectivity index (χ2v) is 5.36. The van der Waals surface area contributed by atoms with Crippen LogP contribution in [0.5, 0.6) is 0 Å². The van der Waals surface area contributed by atoms with Crippen LogP contribution in [0.1, 0.15) is 5.56 Å². The van der Waals surface area contributed by atoms with Gasteiger partial charge in [0.05, 0.1) is 0 Å². The molecule has 0 fully saturated rings. The van der Waals surface area contributed by atoms with Gasteiger partial charge >= 0.3 is 0 Å². The number of nitrogen functional groups attached to an aromatic ring is 1. The van der Waals surface area contributed by atoms with Crippen molar-refractivity contribution in [3.63, 3.8) is 0 Å². The lowest BCUT2D eigenvalue weighted by atomic mass is 10.1. The van der Waals surface area contributed by atoms with Gasteiger partial charge in [-0.1, -0.05) is 18.2 Å². The van der Waals surface area contributed by atoms with E-state index in [4.69, 9.17) is 11.6 Å². The Labute approximate surface area is 117 Å². The molecule has 5 N–H and O–H groups in total. The molecular weight excluding hydrogens is 256 g/mol. The summed E-state index contributed by atoms with van der Waals surface area (Å²) in [6.45, 7) is 0. The molecule has 19 heavy (non-hydrogen) atoms. The predicted octanol–water partition coefficient (Wildman–Crippen LogP) is 1.83. The Morgan fingerprint density at radius 1 is 1.21 bits per heavy atom. The number of hydrogen-bond donors (Lipinski definition) is 3. The third kappa shape index (κ3) is 4.24. The number of aromatic nitrogens is 1. The van der Waals surface area contributed by atoms with Gasteiger partial charge in [0.15, 0.2) is 0 Å². The van der Waals surface area contributed by atoms with Crippen molar-refractivity contribution in [2.75, 3.05) is 11.5 Å². The van der Waals surface area contributed by atoms with Crippen LogP contribution in [0, 0.1) is 0 Å². The molecule has 2 aromatic rings. The van der Waals surface area contributed by atoms with Gasteiger partial charge in [0.2, 0.25) is 0 Å². The molecule has 5 heteroatoms. The summed E-state index contributed by atoms with van der Waals surface area (Å²) in [5.74, 6) is 6.49. The van der Waals surface area contributed by atoms with E-state index in [9.17, 15) is 0 Å². The lowest BCUT2D eigenvalue weighted by molar-refractivity contribution is 0.575. The first-order chi connectivity index (χ1) is 9.29. The predicted molar refractivity (Wildman–Crippen MR) is 80.6 cm³/mol. The zero-order valence-electron chi connectivity index (χ0n) is 10.6. The van der Waals surface area contributed by atoms with Crippen molar-refractivity contribution in [1.82, 2.24) is 10.4 Å². The van der Waals surface area contributed by atoms with Crippen LogP contribution in [0.25, 0.3) is 0 Å². The van der Waals surface area contributed by atoms with E-state index in [1.807, 2.05) is 24.3 Å². The van der Waals surface area contributed by atoms with Crippen molar-refractivity contribution in [1.29, 1.82) is 0 Å². The van der Waals surface area contributed by atoms with E-state index in [-0.39, 0.29) is 6.04 Å². The van der Waals surface area contributed by atoms with E-state index in [1.54, 1.807) is 24.2 Å². The molecule has 0 spiro atoms. The molecule has 0 aliphatic rings. The highest BCUT2D eigenvalue weighted by Crippen LogP contribution is 2.20. The maximum absolute atomic E-state index is 5.92. The molecule has 1 aromatic heterocycles. The summed E-state index contributed by atoms with van der Waals surface area (Å²) in [7, 11) is 0. The van der Waals surface area contributed by atoms with Gasteiger partial charge in [-0.15, -0.1) is 11.8 Å². The van der Waals surface area contributed by atoms with E-state index in [0.29, 0.717) is 0 Å².